The van der Waals surface area contributed by atoms with Crippen molar-refractivity contribution in [2.75, 3.05) is 38.3 Å². The number of nitrogens with zero attached hydrogens (tertiary/aromatic N) is 4. The Balaban J connectivity index is 1.48. The molecule has 3 heterocycles. The highest BCUT2D eigenvalue weighted by molar-refractivity contribution is 5.59. The van der Waals surface area contributed by atoms with Gasteiger partial charge in [0.15, 0.2) is 5.82 Å². The minimum Gasteiger partial charge on any atom is -0.383 e. The molecule has 2 bridgehead atoms. The van der Waals surface area contributed by atoms with Gasteiger partial charge in [0.25, 0.3) is 0 Å². The topological polar surface area (TPSA) is 41.5 Å². The minimum absolute atomic E-state index is 0.609. The smallest absolute Gasteiger partial charge is 0.151 e. The largest absolute Gasteiger partial charge is 0.383 e. The third-order valence-electron chi connectivity index (χ3n) is 5.47. The van der Waals surface area contributed by atoms with Gasteiger partial charge in [-0.05, 0) is 25.0 Å². The van der Waals surface area contributed by atoms with Crippen LogP contribution in [0.4, 0.5) is 5.82 Å². The second kappa shape index (κ2) is 7.50. The number of ether oxygens (including phenoxy) is 1. The van der Waals surface area contributed by atoms with Crippen LogP contribution in [0.3, 0.4) is 0 Å². The van der Waals surface area contributed by atoms with Crippen molar-refractivity contribution in [1.82, 2.24) is 15.1 Å². The maximum atomic E-state index is 5.30. The SMILES string of the molecule is COCCN1C2CCCC1CN(c1ccc(-c3ccccc3)nn1)C2. The standard InChI is InChI=1S/C20H26N4O/c1-25-13-12-24-17-8-5-9-18(24)15-23(14-17)20-11-10-19(21-22-20)16-6-3-2-4-7-16/h2-4,6-7,10-11,17-18H,5,8-9,12-15H2,1H3. The van der Waals surface area contributed by atoms with Crippen LogP contribution in [0.1, 0.15) is 19.3 Å². The van der Waals surface area contributed by atoms with Crippen LogP contribution in [-0.2, 0) is 4.74 Å². The molecule has 132 valence electrons. The first-order valence-corrected chi connectivity index (χ1v) is 9.24. The van der Waals surface area contributed by atoms with Crippen LogP contribution in [0, 0.1) is 0 Å². The molecule has 0 radical (unpaired) electrons. The summed E-state index contributed by atoms with van der Waals surface area (Å²) in [5, 5.41) is 8.99. The van der Waals surface area contributed by atoms with Gasteiger partial charge in [-0.15, -0.1) is 10.2 Å². The van der Waals surface area contributed by atoms with E-state index in [2.05, 4.69) is 44.3 Å². The Hall–Kier alpha value is -1.98. The van der Waals surface area contributed by atoms with Gasteiger partial charge in [-0.25, -0.2) is 0 Å². The summed E-state index contributed by atoms with van der Waals surface area (Å²) < 4.78 is 5.30. The maximum Gasteiger partial charge on any atom is 0.151 e. The predicted molar refractivity (Wildman–Crippen MR) is 99.7 cm³/mol. The van der Waals surface area contributed by atoms with Crippen molar-refractivity contribution in [2.24, 2.45) is 0 Å². The monoisotopic (exact) mass is 338 g/mol. The number of hydrogen-bond acceptors (Lipinski definition) is 5. The Kier molecular flexibility index (Phi) is 4.95. The van der Waals surface area contributed by atoms with Crippen LogP contribution in [-0.4, -0.2) is 60.5 Å². The summed E-state index contributed by atoms with van der Waals surface area (Å²) in [5.41, 5.74) is 2.05. The average Bonchev–Trinajstić information content (AvgIpc) is 2.66. The minimum atomic E-state index is 0.609. The van der Waals surface area contributed by atoms with Crippen LogP contribution in [0.2, 0.25) is 0 Å². The van der Waals surface area contributed by atoms with Gasteiger partial charge in [-0.2, -0.15) is 0 Å². The summed E-state index contributed by atoms with van der Waals surface area (Å²) in [5.74, 6) is 1.00. The number of rotatable bonds is 5. The summed E-state index contributed by atoms with van der Waals surface area (Å²) in [4.78, 5) is 5.06. The molecule has 2 fully saturated rings. The van der Waals surface area contributed by atoms with Gasteiger partial charge >= 0.3 is 0 Å². The zero-order valence-electron chi connectivity index (χ0n) is 14.8. The van der Waals surface area contributed by atoms with Crippen molar-refractivity contribution in [1.29, 1.82) is 0 Å². The lowest BCUT2D eigenvalue weighted by Gasteiger charge is -2.50. The lowest BCUT2D eigenvalue weighted by molar-refractivity contribution is 0.0391. The molecule has 2 aliphatic heterocycles. The zero-order valence-corrected chi connectivity index (χ0v) is 14.8. The van der Waals surface area contributed by atoms with E-state index in [1.807, 2.05) is 18.2 Å². The maximum absolute atomic E-state index is 5.30. The first-order chi connectivity index (χ1) is 12.3. The van der Waals surface area contributed by atoms with Crippen LogP contribution < -0.4 is 4.90 Å². The van der Waals surface area contributed by atoms with Crippen molar-refractivity contribution < 1.29 is 4.74 Å². The van der Waals surface area contributed by atoms with Gasteiger partial charge < -0.3 is 9.64 Å². The van der Waals surface area contributed by atoms with Crippen LogP contribution in [0.5, 0.6) is 0 Å². The quantitative estimate of drug-likeness (QED) is 0.838. The summed E-state index contributed by atoms with van der Waals surface area (Å²) in [6, 6.07) is 15.7. The van der Waals surface area contributed by atoms with Crippen molar-refractivity contribution in [3.63, 3.8) is 0 Å². The molecule has 2 aliphatic rings. The van der Waals surface area contributed by atoms with Crippen molar-refractivity contribution in [2.45, 2.75) is 31.3 Å². The molecule has 2 unspecified atom stereocenters. The number of fused-ring (bicyclic) bond motifs is 2. The fourth-order valence-electron chi connectivity index (χ4n) is 4.20. The Morgan fingerprint density at radius 1 is 1.00 bits per heavy atom. The molecule has 0 aliphatic carbocycles. The van der Waals surface area contributed by atoms with Crippen molar-refractivity contribution >= 4 is 5.82 Å². The molecule has 0 N–H and O–H groups in total. The van der Waals surface area contributed by atoms with Gasteiger partial charge in [-0.1, -0.05) is 36.8 Å². The molecule has 1 aromatic carbocycles. The number of benzene rings is 1. The number of piperazine rings is 1. The van der Waals surface area contributed by atoms with E-state index in [0.29, 0.717) is 12.1 Å². The number of anilines is 1. The third-order valence-corrected chi connectivity index (χ3v) is 5.47. The molecule has 1 aromatic heterocycles. The Bertz CT molecular complexity index is 662. The summed E-state index contributed by atoms with van der Waals surface area (Å²) in [7, 11) is 1.79. The van der Waals surface area contributed by atoms with Crippen molar-refractivity contribution in [3.05, 3.63) is 42.5 Å². The van der Waals surface area contributed by atoms with Gasteiger partial charge in [0.1, 0.15) is 0 Å². The molecule has 2 saturated heterocycles. The molecule has 25 heavy (non-hydrogen) atoms. The number of methoxy groups -OCH3 is 1. The highest BCUT2D eigenvalue weighted by Crippen LogP contribution is 2.30. The number of piperidine rings is 1. The Morgan fingerprint density at radius 3 is 2.40 bits per heavy atom. The molecule has 0 saturated carbocycles. The number of aromatic nitrogens is 2. The van der Waals surface area contributed by atoms with Crippen LogP contribution in [0.15, 0.2) is 42.5 Å². The summed E-state index contributed by atoms with van der Waals surface area (Å²) >= 11 is 0. The molecule has 0 spiro atoms. The first kappa shape index (κ1) is 16.5. The molecular formula is C20H26N4O. The van der Waals surface area contributed by atoms with E-state index in [4.69, 9.17) is 4.74 Å². The van der Waals surface area contributed by atoms with Crippen molar-refractivity contribution in [3.8, 4) is 11.3 Å². The van der Waals surface area contributed by atoms with Gasteiger partial charge in [0, 0.05) is 44.4 Å². The lowest BCUT2D eigenvalue weighted by Crippen LogP contribution is -2.61. The van der Waals surface area contributed by atoms with Crippen LogP contribution in [0.25, 0.3) is 11.3 Å². The van der Waals surface area contributed by atoms with Gasteiger partial charge in [0.05, 0.1) is 12.3 Å². The fraction of sp³-hybridized carbons (Fsp3) is 0.500. The molecule has 2 aromatic rings. The molecule has 2 atom stereocenters. The third kappa shape index (κ3) is 3.53. The normalized spacial score (nSPS) is 23.6. The van der Waals surface area contributed by atoms with Crippen LogP contribution >= 0.6 is 0 Å². The number of hydrogen-bond donors (Lipinski definition) is 0. The second-order valence-electron chi connectivity index (χ2n) is 7.02. The van der Waals surface area contributed by atoms with E-state index >= 15 is 0 Å². The van der Waals surface area contributed by atoms with Gasteiger partial charge in [-0.3, -0.25) is 4.90 Å². The van der Waals surface area contributed by atoms with E-state index in [-0.39, 0.29) is 0 Å². The van der Waals surface area contributed by atoms with E-state index in [0.717, 1.165) is 43.3 Å². The Labute approximate surface area is 149 Å². The molecule has 0 amide bonds. The summed E-state index contributed by atoms with van der Waals surface area (Å²) in [6.07, 6.45) is 3.88. The molecule has 5 heteroatoms. The first-order valence-electron chi connectivity index (χ1n) is 9.24. The lowest BCUT2D eigenvalue weighted by atomic mass is 9.91. The second-order valence-corrected chi connectivity index (χ2v) is 7.02. The molecule has 5 nitrogen and oxygen atoms in total. The summed E-state index contributed by atoms with van der Waals surface area (Å²) in [6.45, 7) is 3.94. The highest BCUT2D eigenvalue weighted by atomic mass is 16.5. The van der Waals surface area contributed by atoms with E-state index < -0.39 is 0 Å². The van der Waals surface area contributed by atoms with E-state index in [9.17, 15) is 0 Å². The zero-order chi connectivity index (χ0) is 17.1. The van der Waals surface area contributed by atoms with E-state index in [1.165, 1.54) is 19.3 Å². The van der Waals surface area contributed by atoms with Gasteiger partial charge in [0.2, 0.25) is 0 Å². The fourth-order valence-corrected chi connectivity index (χ4v) is 4.20. The predicted octanol–water partition coefficient (Wildman–Crippen LogP) is 2.83. The highest BCUT2D eigenvalue weighted by Gasteiger charge is 2.37. The average molecular weight is 338 g/mol. The molecular weight excluding hydrogens is 312 g/mol. The van der Waals surface area contributed by atoms with E-state index in [1.54, 1.807) is 7.11 Å². The molecule has 4 rings (SSSR count). The Morgan fingerprint density at radius 2 is 1.76 bits per heavy atom.